The minimum atomic E-state index is -0.0632. The Hall–Kier alpha value is -1.42. The molecule has 0 aliphatic carbocycles. The molecule has 4 nitrogen and oxygen atoms in total. The first kappa shape index (κ1) is 12.6. The molecule has 1 aromatic heterocycles. The average molecular weight is 221 g/mol. The Kier molecular flexibility index (Phi) is 4.01. The lowest BCUT2D eigenvalue weighted by atomic mass is 10.1. The summed E-state index contributed by atoms with van der Waals surface area (Å²) >= 11 is 0. The number of aromatic nitrogens is 2. The molecule has 1 aromatic rings. The summed E-state index contributed by atoms with van der Waals surface area (Å²) in [6.07, 6.45) is 0. The van der Waals surface area contributed by atoms with Crippen LogP contribution in [0.15, 0.2) is 16.9 Å². The van der Waals surface area contributed by atoms with Gasteiger partial charge >= 0.3 is 0 Å². The summed E-state index contributed by atoms with van der Waals surface area (Å²) in [5.74, 6) is 0.651. The van der Waals surface area contributed by atoms with E-state index in [1.807, 2.05) is 20.8 Å². The molecule has 2 N–H and O–H groups in total. The van der Waals surface area contributed by atoms with Crippen LogP contribution in [0, 0.1) is 13.8 Å². The Morgan fingerprint density at radius 1 is 1.56 bits per heavy atom. The molecule has 16 heavy (non-hydrogen) atoms. The molecule has 1 unspecified atom stereocenters. The number of hydrogen-bond donors (Lipinski definition) is 2. The van der Waals surface area contributed by atoms with Gasteiger partial charge in [0.05, 0.1) is 5.56 Å². The van der Waals surface area contributed by atoms with Gasteiger partial charge in [0, 0.05) is 18.3 Å². The van der Waals surface area contributed by atoms with Crippen molar-refractivity contribution in [2.24, 2.45) is 0 Å². The second kappa shape index (κ2) is 5.07. The lowest BCUT2D eigenvalue weighted by Gasteiger charge is -2.15. The van der Waals surface area contributed by atoms with Gasteiger partial charge in [0.1, 0.15) is 5.82 Å². The lowest BCUT2D eigenvalue weighted by Crippen LogP contribution is -2.28. The van der Waals surface area contributed by atoms with Gasteiger partial charge in [-0.2, -0.15) is 0 Å². The minimum Gasteiger partial charge on any atom is -0.310 e. The summed E-state index contributed by atoms with van der Waals surface area (Å²) in [6.45, 7) is 12.1. The Morgan fingerprint density at radius 2 is 2.19 bits per heavy atom. The fraction of sp³-hybridized carbons (Fsp3) is 0.500. The highest BCUT2D eigenvalue weighted by atomic mass is 16.1. The standard InChI is InChI=1S/C12H19N3O/c1-7(2)6-13-8(3)11-9(4)14-10(5)15-12(11)16/h8,13H,1,6H2,2-5H3,(H,14,15,16). The molecule has 0 aromatic carbocycles. The minimum absolute atomic E-state index is 0.0199. The normalized spacial score (nSPS) is 12.5. The molecule has 1 atom stereocenters. The van der Waals surface area contributed by atoms with E-state index in [2.05, 4.69) is 21.9 Å². The second-order valence-corrected chi connectivity index (χ2v) is 4.21. The van der Waals surface area contributed by atoms with Gasteiger partial charge in [0.2, 0.25) is 0 Å². The van der Waals surface area contributed by atoms with Gasteiger partial charge < -0.3 is 10.3 Å². The molecule has 0 bridgehead atoms. The molecule has 0 radical (unpaired) electrons. The van der Waals surface area contributed by atoms with E-state index in [1.54, 1.807) is 6.92 Å². The Bertz CT molecular complexity index is 448. The fourth-order valence-electron chi connectivity index (χ4n) is 1.68. The zero-order chi connectivity index (χ0) is 12.3. The van der Waals surface area contributed by atoms with Crippen molar-refractivity contribution in [2.75, 3.05) is 6.54 Å². The third-order valence-corrected chi connectivity index (χ3v) is 2.41. The fourth-order valence-corrected chi connectivity index (χ4v) is 1.68. The predicted octanol–water partition coefficient (Wildman–Crippen LogP) is 1.61. The molecule has 1 rings (SSSR count). The van der Waals surface area contributed by atoms with Crippen LogP contribution in [-0.2, 0) is 0 Å². The first-order valence-electron chi connectivity index (χ1n) is 5.37. The molecule has 1 heterocycles. The summed E-state index contributed by atoms with van der Waals surface area (Å²) in [6, 6.07) is -0.0199. The van der Waals surface area contributed by atoms with Gasteiger partial charge in [-0.25, -0.2) is 4.98 Å². The quantitative estimate of drug-likeness (QED) is 0.759. The molecule has 0 saturated carbocycles. The summed E-state index contributed by atoms with van der Waals surface area (Å²) < 4.78 is 0. The van der Waals surface area contributed by atoms with Gasteiger partial charge in [-0.05, 0) is 27.7 Å². The molecule has 0 amide bonds. The van der Waals surface area contributed by atoms with Gasteiger partial charge in [-0.15, -0.1) is 0 Å². The van der Waals surface area contributed by atoms with Crippen molar-refractivity contribution in [3.63, 3.8) is 0 Å². The van der Waals surface area contributed by atoms with Crippen LogP contribution < -0.4 is 10.9 Å². The van der Waals surface area contributed by atoms with Crippen LogP contribution in [0.5, 0.6) is 0 Å². The smallest absolute Gasteiger partial charge is 0.255 e. The number of hydrogen-bond acceptors (Lipinski definition) is 3. The average Bonchev–Trinajstić information content (AvgIpc) is 2.12. The van der Waals surface area contributed by atoms with Crippen LogP contribution in [0.1, 0.15) is 37.0 Å². The highest BCUT2D eigenvalue weighted by Crippen LogP contribution is 2.10. The van der Waals surface area contributed by atoms with Crippen LogP contribution in [-0.4, -0.2) is 16.5 Å². The molecular formula is C12H19N3O. The summed E-state index contributed by atoms with van der Waals surface area (Å²) in [7, 11) is 0. The number of nitrogens with one attached hydrogen (secondary N) is 2. The van der Waals surface area contributed by atoms with Crippen LogP contribution >= 0.6 is 0 Å². The van der Waals surface area contributed by atoms with Crippen LogP contribution in [0.4, 0.5) is 0 Å². The Labute approximate surface area is 95.8 Å². The van der Waals surface area contributed by atoms with Crippen LogP contribution in [0.3, 0.4) is 0 Å². The van der Waals surface area contributed by atoms with E-state index < -0.39 is 0 Å². The van der Waals surface area contributed by atoms with Crippen LogP contribution in [0.2, 0.25) is 0 Å². The van der Waals surface area contributed by atoms with E-state index >= 15 is 0 Å². The second-order valence-electron chi connectivity index (χ2n) is 4.21. The molecule has 4 heteroatoms. The monoisotopic (exact) mass is 221 g/mol. The molecule has 0 aliphatic rings. The SMILES string of the molecule is C=C(C)CNC(C)c1c(C)nc(C)[nH]c1=O. The molecular weight excluding hydrogens is 202 g/mol. The van der Waals surface area contributed by atoms with Crippen molar-refractivity contribution >= 4 is 0 Å². The highest BCUT2D eigenvalue weighted by molar-refractivity contribution is 5.20. The molecule has 0 saturated heterocycles. The number of aromatic amines is 1. The zero-order valence-corrected chi connectivity index (χ0v) is 10.3. The van der Waals surface area contributed by atoms with Gasteiger partial charge in [-0.3, -0.25) is 4.79 Å². The lowest BCUT2D eigenvalue weighted by molar-refractivity contribution is 0.592. The van der Waals surface area contributed by atoms with Crippen molar-refractivity contribution in [2.45, 2.75) is 33.7 Å². The molecule has 88 valence electrons. The van der Waals surface area contributed by atoms with E-state index in [1.165, 1.54) is 0 Å². The summed E-state index contributed by atoms with van der Waals surface area (Å²) in [5.41, 5.74) is 2.46. The maximum absolute atomic E-state index is 11.8. The van der Waals surface area contributed by atoms with Crippen molar-refractivity contribution in [3.8, 4) is 0 Å². The van der Waals surface area contributed by atoms with E-state index in [4.69, 9.17) is 0 Å². The summed E-state index contributed by atoms with van der Waals surface area (Å²) in [4.78, 5) is 18.8. The molecule has 0 spiro atoms. The van der Waals surface area contributed by atoms with E-state index in [0.717, 1.165) is 11.3 Å². The number of H-pyrrole nitrogens is 1. The van der Waals surface area contributed by atoms with E-state index in [9.17, 15) is 4.79 Å². The van der Waals surface area contributed by atoms with Crippen molar-refractivity contribution in [3.05, 3.63) is 39.6 Å². The van der Waals surface area contributed by atoms with E-state index in [-0.39, 0.29) is 11.6 Å². The number of rotatable bonds is 4. The third-order valence-electron chi connectivity index (χ3n) is 2.41. The maximum atomic E-state index is 11.8. The van der Waals surface area contributed by atoms with Gasteiger partial charge in [0.25, 0.3) is 5.56 Å². The molecule has 0 fully saturated rings. The number of nitrogens with zero attached hydrogens (tertiary/aromatic N) is 1. The first-order valence-corrected chi connectivity index (χ1v) is 5.37. The highest BCUT2D eigenvalue weighted by Gasteiger charge is 2.13. The van der Waals surface area contributed by atoms with Crippen molar-refractivity contribution in [1.82, 2.24) is 15.3 Å². The van der Waals surface area contributed by atoms with Crippen LogP contribution in [0.25, 0.3) is 0 Å². The zero-order valence-electron chi connectivity index (χ0n) is 10.3. The molecule has 0 aliphatic heterocycles. The summed E-state index contributed by atoms with van der Waals surface area (Å²) in [5, 5.41) is 3.24. The van der Waals surface area contributed by atoms with Gasteiger partial charge in [-0.1, -0.05) is 12.2 Å². The largest absolute Gasteiger partial charge is 0.310 e. The Morgan fingerprint density at radius 3 is 2.69 bits per heavy atom. The van der Waals surface area contributed by atoms with E-state index in [0.29, 0.717) is 17.9 Å². The predicted molar refractivity (Wildman–Crippen MR) is 65.6 cm³/mol. The topological polar surface area (TPSA) is 57.8 Å². The van der Waals surface area contributed by atoms with Crippen molar-refractivity contribution < 1.29 is 0 Å². The van der Waals surface area contributed by atoms with Gasteiger partial charge in [0.15, 0.2) is 0 Å². The van der Waals surface area contributed by atoms with Crippen molar-refractivity contribution in [1.29, 1.82) is 0 Å². The maximum Gasteiger partial charge on any atom is 0.255 e. The first-order chi connectivity index (χ1) is 7.41. The Balaban J connectivity index is 2.95. The number of aryl methyl sites for hydroxylation is 2. The third kappa shape index (κ3) is 3.03.